The Morgan fingerprint density at radius 2 is 1.74 bits per heavy atom. The van der Waals surface area contributed by atoms with Crippen LogP contribution < -0.4 is 10.6 Å². The van der Waals surface area contributed by atoms with Crippen molar-refractivity contribution in [3.63, 3.8) is 0 Å². The standard InChI is InChI=1S/C22H15Cl2F6N5O3/c23-12-5-11(6-13(24)7-12)20(22(28,29)30)8-15(34-38-20)16-2-1-14(18-31-3-4-35(16)18)19(37)32-9-17(36)33-10-21(25,26)27/h1-7H,8-10H2,(H,32,37)(H,33,36). The molecule has 2 aromatic heterocycles. The molecule has 16 heteroatoms. The molecule has 1 aromatic carbocycles. The largest absolute Gasteiger partial charge is 0.435 e. The van der Waals surface area contributed by atoms with E-state index in [0.717, 1.165) is 12.1 Å². The van der Waals surface area contributed by atoms with Gasteiger partial charge in [-0.1, -0.05) is 28.4 Å². The van der Waals surface area contributed by atoms with Crippen LogP contribution >= 0.6 is 23.2 Å². The first-order valence-electron chi connectivity index (χ1n) is 10.6. The van der Waals surface area contributed by atoms with Crippen molar-refractivity contribution in [1.82, 2.24) is 20.0 Å². The van der Waals surface area contributed by atoms with E-state index in [1.807, 2.05) is 0 Å². The number of carbonyl (C=O) groups excluding carboxylic acids is 2. The van der Waals surface area contributed by atoms with Crippen LogP contribution in [0.15, 0.2) is 47.9 Å². The van der Waals surface area contributed by atoms with Crippen LogP contribution in [0.3, 0.4) is 0 Å². The van der Waals surface area contributed by atoms with Gasteiger partial charge in [0.25, 0.3) is 11.5 Å². The number of amides is 2. The van der Waals surface area contributed by atoms with Crippen LogP contribution in [-0.4, -0.2) is 52.4 Å². The molecule has 1 unspecified atom stereocenters. The van der Waals surface area contributed by atoms with E-state index in [9.17, 15) is 35.9 Å². The van der Waals surface area contributed by atoms with Gasteiger partial charge in [-0.3, -0.25) is 14.0 Å². The number of pyridine rings is 1. The summed E-state index contributed by atoms with van der Waals surface area (Å²) in [5.41, 5.74) is -3.35. The lowest BCUT2D eigenvalue weighted by atomic mass is 9.87. The Bertz CT molecular complexity index is 1420. The van der Waals surface area contributed by atoms with Crippen LogP contribution in [0, 0.1) is 0 Å². The second-order valence-corrected chi connectivity index (χ2v) is 8.99. The number of fused-ring (bicyclic) bond motifs is 1. The van der Waals surface area contributed by atoms with E-state index in [0.29, 0.717) is 0 Å². The summed E-state index contributed by atoms with van der Waals surface area (Å²) >= 11 is 11.8. The second-order valence-electron chi connectivity index (χ2n) is 8.12. The van der Waals surface area contributed by atoms with Gasteiger partial charge in [-0.2, -0.15) is 26.3 Å². The molecule has 0 spiro atoms. The van der Waals surface area contributed by atoms with Crippen LogP contribution in [0.1, 0.15) is 28.0 Å². The van der Waals surface area contributed by atoms with E-state index in [1.54, 1.807) is 5.32 Å². The number of carbonyl (C=O) groups is 2. The Hall–Kier alpha value is -3.52. The molecule has 0 fully saturated rings. The lowest BCUT2D eigenvalue weighted by Gasteiger charge is -2.29. The number of hydrogen-bond donors (Lipinski definition) is 2. The third-order valence-corrected chi connectivity index (χ3v) is 5.94. The Labute approximate surface area is 219 Å². The van der Waals surface area contributed by atoms with Gasteiger partial charge in [-0.15, -0.1) is 0 Å². The highest BCUT2D eigenvalue weighted by Crippen LogP contribution is 2.49. The molecule has 38 heavy (non-hydrogen) atoms. The number of oxime groups is 1. The van der Waals surface area contributed by atoms with Crippen molar-refractivity contribution in [2.24, 2.45) is 5.16 Å². The van der Waals surface area contributed by atoms with E-state index >= 15 is 0 Å². The first-order valence-corrected chi connectivity index (χ1v) is 11.3. The van der Waals surface area contributed by atoms with Crippen molar-refractivity contribution >= 4 is 46.4 Å². The minimum atomic E-state index is -4.92. The SMILES string of the molecule is O=C(CNC(=O)c1ccc(C2=NOC(c3cc(Cl)cc(Cl)c3)(C(F)(F)F)C2)n2ccnc12)NCC(F)(F)F. The van der Waals surface area contributed by atoms with Gasteiger partial charge in [0.15, 0.2) is 0 Å². The summed E-state index contributed by atoms with van der Waals surface area (Å²) in [6, 6.07) is 5.95. The van der Waals surface area contributed by atoms with E-state index in [4.69, 9.17) is 28.0 Å². The monoisotopic (exact) mass is 581 g/mol. The van der Waals surface area contributed by atoms with Crippen molar-refractivity contribution in [3.05, 3.63) is 69.6 Å². The third-order valence-electron chi connectivity index (χ3n) is 5.50. The van der Waals surface area contributed by atoms with Gasteiger partial charge in [0, 0.05) is 28.0 Å². The van der Waals surface area contributed by atoms with Crippen molar-refractivity contribution in [3.8, 4) is 0 Å². The minimum Gasteiger partial charge on any atom is -0.374 e. The predicted molar refractivity (Wildman–Crippen MR) is 123 cm³/mol. The van der Waals surface area contributed by atoms with Gasteiger partial charge in [0.2, 0.25) is 5.91 Å². The summed E-state index contributed by atoms with van der Waals surface area (Å²) in [6.07, 6.45) is -7.66. The Morgan fingerprint density at radius 1 is 1.05 bits per heavy atom. The number of alkyl halides is 6. The zero-order chi connectivity index (χ0) is 27.9. The summed E-state index contributed by atoms with van der Waals surface area (Å²) in [5.74, 6) is -1.92. The molecule has 0 saturated carbocycles. The molecule has 0 bridgehead atoms. The summed E-state index contributed by atoms with van der Waals surface area (Å²) in [5, 5.41) is 7.39. The molecule has 1 atom stereocenters. The lowest BCUT2D eigenvalue weighted by Crippen LogP contribution is -2.42. The van der Waals surface area contributed by atoms with Crippen LogP contribution in [0.2, 0.25) is 10.0 Å². The first-order chi connectivity index (χ1) is 17.7. The van der Waals surface area contributed by atoms with Crippen LogP contribution in [-0.2, 0) is 15.2 Å². The minimum absolute atomic E-state index is 0.00583. The van der Waals surface area contributed by atoms with Gasteiger partial charge >= 0.3 is 12.4 Å². The molecule has 3 heterocycles. The number of nitrogens with one attached hydrogen (secondary N) is 2. The summed E-state index contributed by atoms with van der Waals surface area (Å²) in [4.78, 5) is 33.2. The van der Waals surface area contributed by atoms with Crippen LogP contribution in [0.5, 0.6) is 0 Å². The van der Waals surface area contributed by atoms with E-state index in [-0.39, 0.29) is 38.2 Å². The van der Waals surface area contributed by atoms with Gasteiger partial charge in [0.05, 0.1) is 24.2 Å². The maximum absolute atomic E-state index is 14.3. The molecule has 3 aromatic rings. The summed E-state index contributed by atoms with van der Waals surface area (Å²) in [7, 11) is 0. The zero-order valence-electron chi connectivity index (χ0n) is 18.8. The molecular weight excluding hydrogens is 567 g/mol. The normalized spacial score (nSPS) is 17.7. The van der Waals surface area contributed by atoms with Crippen molar-refractivity contribution < 1.29 is 40.8 Å². The number of imidazole rings is 1. The van der Waals surface area contributed by atoms with E-state index < -0.39 is 49.3 Å². The highest BCUT2D eigenvalue weighted by molar-refractivity contribution is 6.34. The Kier molecular flexibility index (Phi) is 7.23. The van der Waals surface area contributed by atoms with Crippen molar-refractivity contribution in [2.75, 3.05) is 13.1 Å². The molecule has 1 aliphatic rings. The second kappa shape index (κ2) is 9.98. The molecular formula is C22H15Cl2F6N5O3. The van der Waals surface area contributed by atoms with Gasteiger partial charge < -0.3 is 15.5 Å². The fraction of sp³-hybridized carbons (Fsp3) is 0.273. The lowest BCUT2D eigenvalue weighted by molar-refractivity contribution is -0.275. The number of halogens is 8. The molecule has 1 aliphatic heterocycles. The van der Waals surface area contributed by atoms with Crippen molar-refractivity contribution in [2.45, 2.75) is 24.4 Å². The number of hydrogen-bond acceptors (Lipinski definition) is 5. The Morgan fingerprint density at radius 3 is 2.37 bits per heavy atom. The molecule has 2 amide bonds. The molecule has 0 aliphatic carbocycles. The van der Waals surface area contributed by atoms with E-state index in [1.165, 1.54) is 35.0 Å². The molecule has 0 saturated heterocycles. The Balaban J connectivity index is 1.58. The smallest absolute Gasteiger partial charge is 0.374 e. The van der Waals surface area contributed by atoms with E-state index in [2.05, 4.69) is 15.5 Å². The van der Waals surface area contributed by atoms with Gasteiger partial charge in [-0.05, 0) is 30.3 Å². The zero-order valence-corrected chi connectivity index (χ0v) is 20.3. The molecule has 0 radical (unpaired) electrons. The van der Waals surface area contributed by atoms with Gasteiger partial charge in [-0.25, -0.2) is 4.98 Å². The van der Waals surface area contributed by atoms with Crippen molar-refractivity contribution in [1.29, 1.82) is 0 Å². The molecule has 8 nitrogen and oxygen atoms in total. The maximum atomic E-state index is 14.3. The maximum Gasteiger partial charge on any atom is 0.435 e. The average molecular weight is 582 g/mol. The van der Waals surface area contributed by atoms with Crippen LogP contribution in [0.4, 0.5) is 26.3 Å². The highest BCUT2D eigenvalue weighted by atomic mass is 35.5. The number of aromatic nitrogens is 2. The summed E-state index contributed by atoms with van der Waals surface area (Å²) < 4.78 is 80.9. The van der Waals surface area contributed by atoms with Gasteiger partial charge in [0.1, 0.15) is 17.9 Å². The molecule has 4 rings (SSSR count). The summed E-state index contributed by atoms with van der Waals surface area (Å²) in [6.45, 7) is -2.31. The molecule has 2 N–H and O–H groups in total. The predicted octanol–water partition coefficient (Wildman–Crippen LogP) is 4.63. The first kappa shape index (κ1) is 27.5. The number of rotatable bonds is 6. The fourth-order valence-corrected chi connectivity index (χ4v) is 4.30. The fourth-order valence-electron chi connectivity index (χ4n) is 3.77. The highest BCUT2D eigenvalue weighted by Gasteiger charge is 2.62. The number of benzene rings is 1. The number of nitrogens with zero attached hydrogens (tertiary/aromatic N) is 3. The third kappa shape index (κ3) is 5.50. The average Bonchev–Trinajstić information content (AvgIpc) is 3.48. The topological polar surface area (TPSA) is 97.1 Å². The molecule has 202 valence electrons. The quantitative estimate of drug-likeness (QED) is 0.415. The van der Waals surface area contributed by atoms with Crippen LogP contribution in [0.25, 0.3) is 5.65 Å².